The first-order chi connectivity index (χ1) is 11.3. The predicted molar refractivity (Wildman–Crippen MR) is 83.3 cm³/mol. The molecule has 2 aromatic rings. The molecule has 0 aliphatic heterocycles. The zero-order valence-electron chi connectivity index (χ0n) is 12.8. The van der Waals surface area contributed by atoms with Crippen LogP contribution in [0.1, 0.15) is 12.5 Å². The van der Waals surface area contributed by atoms with E-state index in [0.29, 0.717) is 0 Å². The van der Waals surface area contributed by atoms with Gasteiger partial charge in [-0.2, -0.15) is 8.78 Å². The molecule has 0 atom stereocenters. The van der Waals surface area contributed by atoms with E-state index in [-0.39, 0.29) is 11.6 Å². The highest BCUT2D eigenvalue weighted by Gasteiger charge is 2.23. The number of hydrogen-bond donors (Lipinski definition) is 0. The normalized spacial score (nSPS) is 9.54. The second-order valence-electron chi connectivity index (χ2n) is 4.58. The molecule has 6 heteroatoms. The van der Waals surface area contributed by atoms with E-state index in [1.807, 2.05) is 36.4 Å². The van der Waals surface area contributed by atoms with Crippen LogP contribution in [0.5, 0.6) is 5.75 Å². The number of ether oxygens (including phenoxy) is 1. The molecule has 0 aromatic heterocycles. The molecule has 0 aliphatic carbocycles. The van der Waals surface area contributed by atoms with Gasteiger partial charge in [-0.05, 0) is 12.5 Å². The maximum Gasteiger partial charge on any atom is 0.338 e. The molecular formula is C18H14F4O2. The van der Waals surface area contributed by atoms with Crippen molar-refractivity contribution in [1.29, 1.82) is 0 Å². The fourth-order valence-electron chi connectivity index (χ4n) is 1.41. The Morgan fingerprint density at radius 1 is 1.04 bits per heavy atom. The van der Waals surface area contributed by atoms with Gasteiger partial charge in [0.25, 0.3) is 0 Å². The van der Waals surface area contributed by atoms with Gasteiger partial charge >= 0.3 is 5.97 Å². The summed E-state index contributed by atoms with van der Waals surface area (Å²) in [4.78, 5) is 10.9. The van der Waals surface area contributed by atoms with E-state index in [2.05, 4.69) is 17.9 Å². The van der Waals surface area contributed by atoms with Gasteiger partial charge in [0.15, 0.2) is 11.6 Å². The van der Waals surface area contributed by atoms with Crippen molar-refractivity contribution in [2.45, 2.75) is 6.92 Å². The maximum absolute atomic E-state index is 13.0. The second-order valence-corrected chi connectivity index (χ2v) is 4.58. The number of rotatable bonds is 3. The zero-order valence-corrected chi connectivity index (χ0v) is 12.8. The van der Waals surface area contributed by atoms with E-state index in [1.165, 1.54) is 12.5 Å². The summed E-state index contributed by atoms with van der Waals surface area (Å²) in [6.07, 6.45) is 1.83. The first-order valence-electron chi connectivity index (χ1n) is 6.66. The molecule has 0 saturated heterocycles. The van der Waals surface area contributed by atoms with Crippen molar-refractivity contribution in [3.05, 3.63) is 84.0 Å². The van der Waals surface area contributed by atoms with Gasteiger partial charge in [0.1, 0.15) is 0 Å². The Hall–Kier alpha value is -2.89. The van der Waals surface area contributed by atoms with Crippen LogP contribution < -0.4 is 4.74 Å². The fraction of sp³-hybridized carbons (Fsp3) is 0.0556. The van der Waals surface area contributed by atoms with Crippen LogP contribution in [-0.4, -0.2) is 5.97 Å². The average Bonchev–Trinajstić information content (AvgIpc) is 2.58. The van der Waals surface area contributed by atoms with Crippen molar-refractivity contribution in [2.75, 3.05) is 0 Å². The maximum atomic E-state index is 13.0. The number of carbonyl (C=O) groups excluding carboxylic acids is 1. The molecule has 0 spiro atoms. The van der Waals surface area contributed by atoms with Crippen molar-refractivity contribution < 1.29 is 27.1 Å². The van der Waals surface area contributed by atoms with Gasteiger partial charge in [0, 0.05) is 11.6 Å². The van der Waals surface area contributed by atoms with E-state index in [9.17, 15) is 22.4 Å². The van der Waals surface area contributed by atoms with Crippen LogP contribution in [-0.2, 0) is 4.79 Å². The highest BCUT2D eigenvalue weighted by Crippen LogP contribution is 2.26. The third-order valence-corrected chi connectivity index (χ3v) is 2.65. The SMILES string of the molecule is C=C(C)C(=O)Oc1c(F)c(F)cc(F)c1F.C=Cc1ccccc1. The van der Waals surface area contributed by atoms with Crippen molar-refractivity contribution in [2.24, 2.45) is 0 Å². The van der Waals surface area contributed by atoms with Gasteiger partial charge in [-0.25, -0.2) is 13.6 Å². The van der Waals surface area contributed by atoms with Crippen LogP contribution in [0.3, 0.4) is 0 Å². The van der Waals surface area contributed by atoms with Gasteiger partial charge in [-0.1, -0.05) is 49.6 Å². The summed E-state index contributed by atoms with van der Waals surface area (Å²) in [5.41, 5.74) is 1.01. The summed E-state index contributed by atoms with van der Waals surface area (Å²) >= 11 is 0. The molecule has 0 heterocycles. The van der Waals surface area contributed by atoms with Crippen LogP contribution in [0.2, 0.25) is 0 Å². The lowest BCUT2D eigenvalue weighted by Crippen LogP contribution is -2.12. The minimum Gasteiger partial charge on any atom is -0.417 e. The van der Waals surface area contributed by atoms with Crippen LogP contribution >= 0.6 is 0 Å². The molecule has 2 rings (SSSR count). The van der Waals surface area contributed by atoms with Gasteiger partial charge < -0.3 is 4.74 Å². The first kappa shape index (κ1) is 19.2. The first-order valence-corrected chi connectivity index (χ1v) is 6.66. The third-order valence-electron chi connectivity index (χ3n) is 2.65. The van der Waals surface area contributed by atoms with E-state index < -0.39 is 35.0 Å². The van der Waals surface area contributed by atoms with Gasteiger partial charge in [-0.15, -0.1) is 0 Å². The Kier molecular flexibility index (Phi) is 6.92. The van der Waals surface area contributed by atoms with Crippen LogP contribution in [0.15, 0.2) is 55.1 Å². The molecule has 0 bridgehead atoms. The molecule has 24 heavy (non-hydrogen) atoms. The molecule has 0 radical (unpaired) electrons. The Morgan fingerprint density at radius 3 is 1.92 bits per heavy atom. The molecule has 126 valence electrons. The van der Waals surface area contributed by atoms with Crippen LogP contribution in [0.25, 0.3) is 6.08 Å². The number of halogens is 4. The smallest absolute Gasteiger partial charge is 0.338 e. The number of benzene rings is 2. The summed E-state index contributed by atoms with van der Waals surface area (Å²) in [5, 5.41) is 0. The highest BCUT2D eigenvalue weighted by atomic mass is 19.2. The summed E-state index contributed by atoms with van der Waals surface area (Å²) in [6.45, 7) is 8.00. The van der Waals surface area contributed by atoms with Gasteiger partial charge in [-0.3, -0.25) is 0 Å². The fourth-order valence-corrected chi connectivity index (χ4v) is 1.41. The Bertz CT molecular complexity index is 729. The third kappa shape index (κ3) is 5.08. The largest absolute Gasteiger partial charge is 0.417 e. The quantitative estimate of drug-likeness (QED) is 0.257. The number of carbonyl (C=O) groups is 1. The molecule has 2 nitrogen and oxygen atoms in total. The number of esters is 1. The van der Waals surface area contributed by atoms with Crippen LogP contribution in [0.4, 0.5) is 17.6 Å². The molecule has 0 aliphatic rings. The van der Waals surface area contributed by atoms with Gasteiger partial charge in [0.2, 0.25) is 17.4 Å². The van der Waals surface area contributed by atoms with Crippen molar-refractivity contribution in [3.8, 4) is 5.75 Å². The lowest BCUT2D eigenvalue weighted by molar-refractivity contribution is -0.130. The molecule has 0 amide bonds. The summed E-state index contributed by atoms with van der Waals surface area (Å²) in [6, 6.07) is 10.0. The van der Waals surface area contributed by atoms with E-state index in [4.69, 9.17) is 0 Å². The van der Waals surface area contributed by atoms with Crippen molar-refractivity contribution >= 4 is 12.0 Å². The molecule has 0 fully saturated rings. The molecule has 0 unspecified atom stereocenters. The topological polar surface area (TPSA) is 26.3 Å². The molecular weight excluding hydrogens is 324 g/mol. The Morgan fingerprint density at radius 2 is 1.54 bits per heavy atom. The standard InChI is InChI=1S/C10H6F4O2.C8H8/c1-4(2)10(15)16-9-7(13)5(11)3-6(12)8(9)14;1-2-8-6-4-3-5-7-8/h3H,1H2,2H3;2-7H,1H2. The second kappa shape index (κ2) is 8.67. The van der Waals surface area contributed by atoms with Crippen molar-refractivity contribution in [1.82, 2.24) is 0 Å². The Labute approximate surface area is 136 Å². The van der Waals surface area contributed by atoms with Crippen LogP contribution in [0, 0.1) is 23.3 Å². The minimum atomic E-state index is -1.77. The predicted octanol–water partition coefficient (Wildman–Crippen LogP) is 5.05. The monoisotopic (exact) mass is 338 g/mol. The molecule has 2 aromatic carbocycles. The van der Waals surface area contributed by atoms with E-state index in [0.717, 1.165) is 0 Å². The van der Waals surface area contributed by atoms with E-state index in [1.54, 1.807) is 0 Å². The lowest BCUT2D eigenvalue weighted by Gasteiger charge is -2.07. The van der Waals surface area contributed by atoms with Gasteiger partial charge in [0.05, 0.1) is 0 Å². The summed E-state index contributed by atoms with van der Waals surface area (Å²) in [7, 11) is 0. The summed E-state index contributed by atoms with van der Waals surface area (Å²) in [5.74, 6) is -9.43. The number of hydrogen-bond acceptors (Lipinski definition) is 2. The minimum absolute atomic E-state index is 0.0166. The molecule has 0 N–H and O–H groups in total. The average molecular weight is 338 g/mol. The lowest BCUT2D eigenvalue weighted by atomic mass is 10.2. The Balaban J connectivity index is 0.000000300. The van der Waals surface area contributed by atoms with E-state index >= 15 is 0 Å². The highest BCUT2D eigenvalue weighted by molar-refractivity contribution is 5.88. The van der Waals surface area contributed by atoms with Crippen molar-refractivity contribution in [3.63, 3.8) is 0 Å². The summed E-state index contributed by atoms with van der Waals surface area (Å²) < 4.78 is 55.4. The zero-order chi connectivity index (χ0) is 18.3. The molecule has 0 saturated carbocycles.